The van der Waals surface area contributed by atoms with Crippen LogP contribution in [-0.4, -0.2) is 57.9 Å². The van der Waals surface area contributed by atoms with Crippen molar-refractivity contribution in [3.05, 3.63) is 89.2 Å². The van der Waals surface area contributed by atoms with Crippen LogP contribution in [0.5, 0.6) is 0 Å². The van der Waals surface area contributed by atoms with E-state index in [-0.39, 0.29) is 11.7 Å². The maximum atomic E-state index is 13.2. The van der Waals surface area contributed by atoms with Crippen molar-refractivity contribution in [2.75, 3.05) is 19.6 Å². The number of benzene rings is 2. The Hall–Kier alpha value is -3.36. The first-order valence-corrected chi connectivity index (χ1v) is 13.3. The van der Waals surface area contributed by atoms with Gasteiger partial charge in [0, 0.05) is 51.2 Å². The fourth-order valence-electron chi connectivity index (χ4n) is 5.18. The van der Waals surface area contributed by atoms with E-state index in [0.29, 0.717) is 6.04 Å². The molecule has 4 rings (SSSR count). The van der Waals surface area contributed by atoms with Crippen LogP contribution in [0.2, 0.25) is 0 Å². The highest BCUT2D eigenvalue weighted by atomic mass is 19.4. The number of hydrogen-bond donors (Lipinski definition) is 1. The van der Waals surface area contributed by atoms with Crippen molar-refractivity contribution in [3.8, 4) is 11.1 Å². The number of nitrogens with zero attached hydrogens (tertiary/aromatic N) is 3. The highest BCUT2D eigenvalue weighted by molar-refractivity contribution is 5.68. The second kappa shape index (κ2) is 13.8. The third kappa shape index (κ3) is 7.86. The number of aryl methyl sites for hydroxylation is 1. The van der Waals surface area contributed by atoms with Gasteiger partial charge in [0.15, 0.2) is 5.60 Å². The van der Waals surface area contributed by atoms with Crippen molar-refractivity contribution in [1.82, 2.24) is 14.8 Å². The molecule has 0 bridgehead atoms. The van der Waals surface area contributed by atoms with Gasteiger partial charge in [0.25, 0.3) is 0 Å². The Labute approximate surface area is 233 Å². The van der Waals surface area contributed by atoms with Crippen LogP contribution in [0.3, 0.4) is 0 Å². The van der Waals surface area contributed by atoms with Crippen LogP contribution in [0.4, 0.5) is 13.2 Å². The van der Waals surface area contributed by atoms with Gasteiger partial charge in [0.1, 0.15) is 0 Å². The van der Waals surface area contributed by atoms with E-state index in [1.54, 1.807) is 12.1 Å². The van der Waals surface area contributed by atoms with Gasteiger partial charge in [-0.2, -0.15) is 22.8 Å². The van der Waals surface area contributed by atoms with Crippen molar-refractivity contribution in [1.29, 1.82) is 0 Å². The van der Waals surface area contributed by atoms with Crippen molar-refractivity contribution in [2.45, 2.75) is 64.5 Å². The summed E-state index contributed by atoms with van der Waals surface area (Å²) in [6, 6.07) is 17.0. The second-order valence-corrected chi connectivity index (χ2v) is 10.4. The molecular formula is C31H36F3N3O3. The lowest BCUT2D eigenvalue weighted by atomic mass is 9.92. The number of rotatable bonds is 8. The molecule has 3 aromatic rings. The van der Waals surface area contributed by atoms with Gasteiger partial charge in [-0.3, -0.25) is 14.8 Å². The highest BCUT2D eigenvalue weighted by Crippen LogP contribution is 2.39. The first-order valence-electron chi connectivity index (χ1n) is 13.3. The lowest BCUT2D eigenvalue weighted by molar-refractivity contribution is -0.258. The van der Waals surface area contributed by atoms with E-state index in [2.05, 4.69) is 46.0 Å². The Kier molecular flexibility index (Phi) is 10.8. The molecular weight excluding hydrogens is 519 g/mol. The number of piperazine rings is 1. The van der Waals surface area contributed by atoms with Gasteiger partial charge >= 0.3 is 12.3 Å². The van der Waals surface area contributed by atoms with E-state index >= 15 is 0 Å². The lowest BCUT2D eigenvalue weighted by Crippen LogP contribution is -2.52. The first-order chi connectivity index (χ1) is 19.0. The standard InChI is InChI=1S/C30H36F3N3O.CO2/c1-4-5-27-21-35(16-17-36(27)20-23-12-14-34-15-13-23)19-24-6-11-28(22(2)18-24)25-7-9-26(10-8-25)29(3,37)30(31,32)33;2-1-3/h6-15,18,27,37H,4-5,16-17,19-21H2,1-3H3;/t27-,29?;/m0./s1. The normalized spacial score (nSPS) is 17.8. The van der Waals surface area contributed by atoms with Crippen LogP contribution in [-0.2, 0) is 28.3 Å². The second-order valence-electron chi connectivity index (χ2n) is 10.4. The SMILES string of the molecule is CCC[C@H]1CN(Cc2ccc(-c3ccc(C(C)(O)C(F)(F)F)cc3)c(C)c2)CCN1Cc1ccncc1.O=C=O. The number of aliphatic hydroxyl groups is 1. The van der Waals surface area contributed by atoms with Crippen molar-refractivity contribution < 1.29 is 27.9 Å². The molecule has 214 valence electrons. The van der Waals surface area contributed by atoms with Crippen LogP contribution >= 0.6 is 0 Å². The summed E-state index contributed by atoms with van der Waals surface area (Å²) in [5.74, 6) is 0. The molecule has 1 aliphatic rings. The third-order valence-electron chi connectivity index (χ3n) is 7.45. The van der Waals surface area contributed by atoms with E-state index in [1.165, 1.54) is 23.3 Å². The molecule has 2 atom stereocenters. The van der Waals surface area contributed by atoms with Crippen LogP contribution in [0.1, 0.15) is 48.9 Å². The summed E-state index contributed by atoms with van der Waals surface area (Å²) in [5.41, 5.74) is 2.38. The average Bonchev–Trinajstić information content (AvgIpc) is 2.91. The Morgan fingerprint density at radius 1 is 0.975 bits per heavy atom. The summed E-state index contributed by atoms with van der Waals surface area (Å²) in [5, 5.41) is 9.94. The summed E-state index contributed by atoms with van der Waals surface area (Å²) in [4.78, 5) is 25.5. The summed E-state index contributed by atoms with van der Waals surface area (Å²) in [7, 11) is 0. The van der Waals surface area contributed by atoms with Gasteiger partial charge in [0.05, 0.1) is 0 Å². The van der Waals surface area contributed by atoms with E-state index < -0.39 is 11.8 Å². The van der Waals surface area contributed by atoms with E-state index in [0.717, 1.165) is 69.2 Å². The fourth-order valence-corrected chi connectivity index (χ4v) is 5.18. The Morgan fingerprint density at radius 3 is 2.20 bits per heavy atom. The zero-order valence-corrected chi connectivity index (χ0v) is 23.1. The topological polar surface area (TPSA) is 73.7 Å². The molecule has 1 N–H and O–H groups in total. The maximum absolute atomic E-state index is 13.2. The van der Waals surface area contributed by atoms with Gasteiger partial charge in [-0.25, -0.2) is 0 Å². The van der Waals surface area contributed by atoms with Crippen LogP contribution in [0.25, 0.3) is 11.1 Å². The largest absolute Gasteiger partial charge is 0.421 e. The molecule has 2 aromatic carbocycles. The molecule has 1 unspecified atom stereocenters. The van der Waals surface area contributed by atoms with Crippen molar-refractivity contribution in [3.63, 3.8) is 0 Å². The molecule has 0 amide bonds. The molecule has 6 nitrogen and oxygen atoms in total. The number of halogens is 3. The number of carbonyl (C=O) groups excluding carboxylic acids is 2. The van der Waals surface area contributed by atoms with Crippen molar-refractivity contribution >= 4 is 6.15 Å². The van der Waals surface area contributed by atoms with E-state index in [9.17, 15) is 18.3 Å². The number of alkyl halides is 3. The molecule has 1 aromatic heterocycles. The first kappa shape index (κ1) is 31.2. The van der Waals surface area contributed by atoms with Crippen LogP contribution in [0, 0.1) is 6.92 Å². The van der Waals surface area contributed by atoms with Gasteiger partial charge in [-0.15, -0.1) is 0 Å². The predicted molar refractivity (Wildman–Crippen MR) is 146 cm³/mol. The van der Waals surface area contributed by atoms with E-state index in [4.69, 9.17) is 9.59 Å². The van der Waals surface area contributed by atoms with Crippen molar-refractivity contribution in [2.24, 2.45) is 0 Å². The molecule has 1 aliphatic heterocycles. The van der Waals surface area contributed by atoms with Gasteiger partial charge in [0.2, 0.25) is 0 Å². The minimum atomic E-state index is -4.73. The number of aromatic nitrogens is 1. The lowest BCUT2D eigenvalue weighted by Gasteiger charge is -2.41. The summed E-state index contributed by atoms with van der Waals surface area (Å²) in [6.45, 7) is 9.94. The quantitative estimate of drug-likeness (QED) is 0.383. The highest BCUT2D eigenvalue weighted by Gasteiger charge is 2.51. The molecule has 0 saturated carbocycles. The molecule has 9 heteroatoms. The van der Waals surface area contributed by atoms with Gasteiger partial charge in [-0.05, 0) is 65.8 Å². The summed E-state index contributed by atoms with van der Waals surface area (Å²) in [6.07, 6.45) is 1.54. The minimum Gasteiger partial charge on any atom is -0.376 e. The monoisotopic (exact) mass is 555 g/mol. The summed E-state index contributed by atoms with van der Waals surface area (Å²) >= 11 is 0. The number of pyridine rings is 1. The van der Waals surface area contributed by atoms with Gasteiger partial charge in [-0.1, -0.05) is 55.8 Å². The minimum absolute atomic E-state index is 0.164. The predicted octanol–water partition coefficient (Wildman–Crippen LogP) is 5.73. The summed E-state index contributed by atoms with van der Waals surface area (Å²) < 4.78 is 39.5. The molecule has 1 saturated heterocycles. The zero-order chi connectivity index (χ0) is 29.3. The molecule has 0 spiro atoms. The molecule has 0 radical (unpaired) electrons. The van der Waals surface area contributed by atoms with Gasteiger partial charge < -0.3 is 5.11 Å². The maximum Gasteiger partial charge on any atom is 0.421 e. The fraction of sp³-hybridized carbons (Fsp3) is 0.419. The Balaban J connectivity index is 0.00000141. The van der Waals surface area contributed by atoms with Crippen LogP contribution < -0.4 is 0 Å². The molecule has 40 heavy (non-hydrogen) atoms. The molecule has 0 aliphatic carbocycles. The Morgan fingerprint density at radius 2 is 1.62 bits per heavy atom. The Bertz CT molecular complexity index is 1260. The zero-order valence-electron chi connectivity index (χ0n) is 23.1. The average molecular weight is 556 g/mol. The van der Waals surface area contributed by atoms with E-state index in [1.807, 2.05) is 25.4 Å². The van der Waals surface area contributed by atoms with Crippen LogP contribution in [0.15, 0.2) is 67.0 Å². The third-order valence-corrected chi connectivity index (χ3v) is 7.45. The molecule has 1 fully saturated rings. The smallest absolute Gasteiger partial charge is 0.376 e. The number of hydrogen-bond acceptors (Lipinski definition) is 6. The molecule has 2 heterocycles.